The van der Waals surface area contributed by atoms with Gasteiger partial charge >= 0.3 is 0 Å². The van der Waals surface area contributed by atoms with Gasteiger partial charge < -0.3 is 9.42 Å². The molecule has 0 saturated carbocycles. The maximum absolute atomic E-state index is 12.9. The second-order valence-electron chi connectivity index (χ2n) is 6.02. The summed E-state index contributed by atoms with van der Waals surface area (Å²) in [5.41, 5.74) is 1.73. The summed E-state index contributed by atoms with van der Waals surface area (Å²) in [6, 6.07) is 2.13. The third-order valence-corrected chi connectivity index (χ3v) is 4.51. The molecule has 118 valence electrons. The van der Waals surface area contributed by atoms with Gasteiger partial charge in [0.1, 0.15) is 5.76 Å². The predicted molar refractivity (Wildman–Crippen MR) is 81.4 cm³/mol. The van der Waals surface area contributed by atoms with Gasteiger partial charge in [0, 0.05) is 24.5 Å². The molecule has 2 aromatic heterocycles. The van der Waals surface area contributed by atoms with Crippen LogP contribution in [0.2, 0.25) is 0 Å². The summed E-state index contributed by atoms with van der Waals surface area (Å²) in [6.45, 7) is 7.27. The summed E-state index contributed by atoms with van der Waals surface area (Å²) in [4.78, 5) is 14.9. The van der Waals surface area contributed by atoms with Crippen molar-refractivity contribution >= 4 is 5.91 Å². The predicted octanol–water partition coefficient (Wildman–Crippen LogP) is 2.28. The van der Waals surface area contributed by atoms with E-state index in [-0.39, 0.29) is 17.9 Å². The van der Waals surface area contributed by atoms with Crippen molar-refractivity contribution < 1.29 is 9.32 Å². The SMILES string of the molecule is Cc1noc(C)c1C(C)C(=O)N1CCCC1Cn1cccn1. The Bertz CT molecular complexity index is 628. The largest absolute Gasteiger partial charge is 0.361 e. The van der Waals surface area contributed by atoms with Crippen molar-refractivity contribution in [3.05, 3.63) is 35.5 Å². The second-order valence-corrected chi connectivity index (χ2v) is 6.02. The van der Waals surface area contributed by atoms with Crippen LogP contribution in [0, 0.1) is 13.8 Å². The molecule has 2 unspecified atom stereocenters. The fraction of sp³-hybridized carbons (Fsp3) is 0.562. The van der Waals surface area contributed by atoms with E-state index in [1.165, 1.54) is 0 Å². The van der Waals surface area contributed by atoms with Gasteiger partial charge in [-0.15, -0.1) is 0 Å². The molecule has 22 heavy (non-hydrogen) atoms. The number of carbonyl (C=O) groups excluding carboxylic acids is 1. The first-order valence-electron chi connectivity index (χ1n) is 7.78. The minimum atomic E-state index is -0.218. The van der Waals surface area contributed by atoms with Crippen molar-refractivity contribution in [1.82, 2.24) is 19.8 Å². The third-order valence-electron chi connectivity index (χ3n) is 4.51. The van der Waals surface area contributed by atoms with Crippen LogP contribution < -0.4 is 0 Å². The zero-order chi connectivity index (χ0) is 15.7. The Morgan fingerprint density at radius 2 is 2.32 bits per heavy atom. The van der Waals surface area contributed by atoms with Gasteiger partial charge in [-0.3, -0.25) is 9.48 Å². The first-order valence-corrected chi connectivity index (χ1v) is 7.78. The van der Waals surface area contributed by atoms with Gasteiger partial charge in [-0.2, -0.15) is 5.10 Å². The van der Waals surface area contributed by atoms with Crippen LogP contribution in [0.15, 0.2) is 23.0 Å². The van der Waals surface area contributed by atoms with Gasteiger partial charge in [0.25, 0.3) is 0 Å². The van der Waals surface area contributed by atoms with E-state index in [0.29, 0.717) is 0 Å². The molecule has 0 aromatic carbocycles. The van der Waals surface area contributed by atoms with E-state index in [2.05, 4.69) is 10.3 Å². The Morgan fingerprint density at radius 3 is 2.95 bits per heavy atom. The minimum Gasteiger partial charge on any atom is -0.361 e. The molecule has 3 rings (SSSR count). The van der Waals surface area contributed by atoms with Crippen LogP contribution in [0.3, 0.4) is 0 Å². The summed E-state index contributed by atoms with van der Waals surface area (Å²) in [5, 5.41) is 8.22. The summed E-state index contributed by atoms with van der Waals surface area (Å²) < 4.78 is 7.11. The van der Waals surface area contributed by atoms with Crippen molar-refractivity contribution in [2.75, 3.05) is 6.54 Å². The molecule has 0 aliphatic carbocycles. The lowest BCUT2D eigenvalue weighted by molar-refractivity contribution is -0.133. The molecule has 6 heteroatoms. The number of carbonyl (C=O) groups is 1. The van der Waals surface area contributed by atoms with E-state index >= 15 is 0 Å². The van der Waals surface area contributed by atoms with Crippen molar-refractivity contribution in [3.63, 3.8) is 0 Å². The molecule has 2 atom stereocenters. The van der Waals surface area contributed by atoms with Crippen LogP contribution in [-0.2, 0) is 11.3 Å². The minimum absolute atomic E-state index is 0.157. The number of hydrogen-bond donors (Lipinski definition) is 0. The lowest BCUT2D eigenvalue weighted by Crippen LogP contribution is -2.40. The molecule has 1 amide bonds. The van der Waals surface area contributed by atoms with Gasteiger partial charge in [-0.25, -0.2) is 0 Å². The highest BCUT2D eigenvalue weighted by Crippen LogP contribution is 2.28. The van der Waals surface area contributed by atoms with Gasteiger partial charge in [0.15, 0.2) is 0 Å². The Hall–Kier alpha value is -2.11. The van der Waals surface area contributed by atoms with Gasteiger partial charge in [-0.1, -0.05) is 5.16 Å². The lowest BCUT2D eigenvalue weighted by Gasteiger charge is -2.27. The lowest BCUT2D eigenvalue weighted by atomic mass is 9.97. The van der Waals surface area contributed by atoms with Crippen molar-refractivity contribution in [2.45, 2.75) is 52.1 Å². The summed E-state index contributed by atoms with van der Waals surface area (Å²) in [6.07, 6.45) is 5.79. The maximum Gasteiger partial charge on any atom is 0.230 e. The van der Waals surface area contributed by atoms with Gasteiger partial charge in [0.05, 0.1) is 24.2 Å². The zero-order valence-corrected chi connectivity index (χ0v) is 13.3. The average molecular weight is 302 g/mol. The first-order chi connectivity index (χ1) is 10.6. The molecule has 1 aliphatic heterocycles. The summed E-state index contributed by atoms with van der Waals surface area (Å²) in [7, 11) is 0. The van der Waals surface area contributed by atoms with Crippen molar-refractivity contribution in [3.8, 4) is 0 Å². The van der Waals surface area contributed by atoms with Crippen LogP contribution in [0.25, 0.3) is 0 Å². The molecule has 0 bridgehead atoms. The van der Waals surface area contributed by atoms with Crippen molar-refractivity contribution in [1.29, 1.82) is 0 Å². The van der Waals surface area contributed by atoms with Crippen LogP contribution >= 0.6 is 0 Å². The quantitative estimate of drug-likeness (QED) is 0.869. The fourth-order valence-electron chi connectivity index (χ4n) is 3.42. The van der Waals surface area contributed by atoms with Crippen LogP contribution in [0.5, 0.6) is 0 Å². The van der Waals surface area contributed by atoms with E-state index in [1.807, 2.05) is 42.6 Å². The normalized spacial score (nSPS) is 19.6. The van der Waals surface area contributed by atoms with Crippen LogP contribution in [-0.4, -0.2) is 38.3 Å². The summed E-state index contributed by atoms with van der Waals surface area (Å²) in [5.74, 6) is 0.676. The molecule has 3 heterocycles. The third kappa shape index (κ3) is 2.65. The standard InChI is InChI=1S/C16H22N4O2/c1-11(15-12(2)18-22-13(15)3)16(21)20-9-4-6-14(20)10-19-8-5-7-17-19/h5,7-8,11,14H,4,6,9-10H2,1-3H3. The topological polar surface area (TPSA) is 64.2 Å². The average Bonchev–Trinajstić information content (AvgIpc) is 3.21. The first kappa shape index (κ1) is 14.8. The van der Waals surface area contributed by atoms with Crippen molar-refractivity contribution in [2.24, 2.45) is 0 Å². The molecular weight excluding hydrogens is 280 g/mol. The number of amides is 1. The molecular formula is C16H22N4O2. The molecule has 1 fully saturated rings. The second kappa shape index (κ2) is 5.94. The number of hydrogen-bond acceptors (Lipinski definition) is 4. The van der Waals surface area contributed by atoms with E-state index in [0.717, 1.165) is 42.9 Å². The Labute approximate surface area is 130 Å². The number of aromatic nitrogens is 3. The van der Waals surface area contributed by atoms with E-state index in [9.17, 15) is 4.79 Å². The van der Waals surface area contributed by atoms with Gasteiger partial charge in [0.2, 0.25) is 5.91 Å². The van der Waals surface area contributed by atoms with E-state index in [4.69, 9.17) is 4.52 Å². The fourth-order valence-corrected chi connectivity index (χ4v) is 3.42. The highest BCUT2D eigenvalue weighted by atomic mass is 16.5. The smallest absolute Gasteiger partial charge is 0.230 e. The molecule has 6 nitrogen and oxygen atoms in total. The maximum atomic E-state index is 12.9. The molecule has 0 spiro atoms. The molecule has 0 radical (unpaired) electrons. The van der Waals surface area contributed by atoms with Gasteiger partial charge in [-0.05, 0) is 39.7 Å². The summed E-state index contributed by atoms with van der Waals surface area (Å²) >= 11 is 0. The Morgan fingerprint density at radius 1 is 1.50 bits per heavy atom. The molecule has 0 N–H and O–H groups in total. The zero-order valence-electron chi connectivity index (χ0n) is 13.3. The number of nitrogens with zero attached hydrogens (tertiary/aromatic N) is 4. The number of aryl methyl sites for hydroxylation is 2. The highest BCUT2D eigenvalue weighted by Gasteiger charge is 2.34. The van der Waals surface area contributed by atoms with Crippen LogP contribution in [0.1, 0.15) is 42.7 Å². The van der Waals surface area contributed by atoms with Crippen LogP contribution in [0.4, 0.5) is 0 Å². The monoisotopic (exact) mass is 302 g/mol. The number of likely N-dealkylation sites (tertiary alicyclic amines) is 1. The number of rotatable bonds is 4. The Kier molecular flexibility index (Phi) is 4.00. The van der Waals surface area contributed by atoms with E-state index in [1.54, 1.807) is 6.20 Å². The Balaban J connectivity index is 1.75. The molecule has 1 saturated heterocycles. The molecule has 1 aliphatic rings. The highest BCUT2D eigenvalue weighted by molar-refractivity contribution is 5.84. The molecule has 2 aromatic rings. The van der Waals surface area contributed by atoms with E-state index < -0.39 is 0 Å².